The minimum atomic E-state index is -0.0816. The third-order valence-corrected chi connectivity index (χ3v) is 3.68. The molecule has 2 aromatic rings. The number of carbonyl (C=O) groups is 1. The summed E-state index contributed by atoms with van der Waals surface area (Å²) in [5.41, 5.74) is 0. The molecule has 2 N–H and O–H groups in total. The quantitative estimate of drug-likeness (QED) is 0.818. The van der Waals surface area contributed by atoms with E-state index in [1.165, 1.54) is 0 Å². The normalized spacial score (nSPS) is 14.0. The average molecular weight is 304 g/mol. The molecule has 2 aromatic heterocycles. The zero-order valence-corrected chi connectivity index (χ0v) is 13.5. The number of amides is 1. The molecule has 2 heterocycles. The van der Waals surface area contributed by atoms with Crippen molar-refractivity contribution in [1.82, 2.24) is 24.9 Å². The van der Waals surface area contributed by atoms with Crippen LogP contribution in [0.5, 0.6) is 0 Å². The SMILES string of the molecule is CC(C)n1nccc1NC(=O)CN[C@H](C)[C@@H](C)n1cccn1. The van der Waals surface area contributed by atoms with E-state index >= 15 is 0 Å². The largest absolute Gasteiger partial charge is 0.310 e. The minimum Gasteiger partial charge on any atom is -0.310 e. The van der Waals surface area contributed by atoms with Crippen LogP contribution in [0.2, 0.25) is 0 Å². The summed E-state index contributed by atoms with van der Waals surface area (Å²) in [6, 6.07) is 4.19. The molecule has 0 bridgehead atoms. The lowest BCUT2D eigenvalue weighted by atomic mass is 10.2. The number of rotatable bonds is 7. The number of carbonyl (C=O) groups excluding carboxylic acids is 1. The molecule has 7 nitrogen and oxygen atoms in total. The first kappa shape index (κ1) is 16.2. The summed E-state index contributed by atoms with van der Waals surface area (Å²) < 4.78 is 3.66. The predicted octanol–water partition coefficient (Wildman–Crippen LogP) is 1.84. The molecular weight excluding hydrogens is 280 g/mol. The van der Waals surface area contributed by atoms with Crippen LogP contribution in [-0.2, 0) is 4.79 Å². The van der Waals surface area contributed by atoms with Gasteiger partial charge >= 0.3 is 0 Å². The Balaban J connectivity index is 1.83. The summed E-state index contributed by atoms with van der Waals surface area (Å²) in [5.74, 6) is 0.636. The fourth-order valence-corrected chi connectivity index (χ4v) is 2.19. The molecule has 22 heavy (non-hydrogen) atoms. The Hall–Kier alpha value is -2.15. The summed E-state index contributed by atoms with van der Waals surface area (Å²) in [5, 5.41) is 14.5. The van der Waals surface area contributed by atoms with E-state index in [4.69, 9.17) is 0 Å². The molecule has 1 amide bonds. The van der Waals surface area contributed by atoms with Gasteiger partial charge in [0.1, 0.15) is 5.82 Å². The summed E-state index contributed by atoms with van der Waals surface area (Å²) >= 11 is 0. The standard InChI is InChI=1S/C15H24N6O/c1-11(2)21-14(6-8-18-21)19-15(22)10-16-12(3)13(4)20-9-5-7-17-20/h5-9,11-13,16H,10H2,1-4H3,(H,19,22)/t12-,13-/m1/s1. The first-order valence-corrected chi connectivity index (χ1v) is 7.55. The highest BCUT2D eigenvalue weighted by atomic mass is 16.2. The number of nitrogens with one attached hydrogen (secondary N) is 2. The second-order valence-corrected chi connectivity index (χ2v) is 5.70. The van der Waals surface area contributed by atoms with E-state index < -0.39 is 0 Å². The van der Waals surface area contributed by atoms with E-state index in [1.54, 1.807) is 23.1 Å². The van der Waals surface area contributed by atoms with Gasteiger partial charge in [0.05, 0.1) is 18.8 Å². The Morgan fingerprint density at radius 1 is 1.23 bits per heavy atom. The second-order valence-electron chi connectivity index (χ2n) is 5.70. The summed E-state index contributed by atoms with van der Waals surface area (Å²) in [6.45, 7) is 8.40. The maximum atomic E-state index is 12.1. The van der Waals surface area contributed by atoms with E-state index in [2.05, 4.69) is 27.8 Å². The van der Waals surface area contributed by atoms with Gasteiger partial charge in [0.15, 0.2) is 0 Å². The van der Waals surface area contributed by atoms with Gasteiger partial charge in [-0.05, 0) is 33.8 Å². The predicted molar refractivity (Wildman–Crippen MR) is 85.6 cm³/mol. The molecule has 0 saturated heterocycles. The van der Waals surface area contributed by atoms with Gasteiger partial charge in [-0.3, -0.25) is 9.48 Å². The highest BCUT2D eigenvalue weighted by molar-refractivity contribution is 5.91. The van der Waals surface area contributed by atoms with Crippen molar-refractivity contribution in [2.24, 2.45) is 0 Å². The number of hydrogen-bond donors (Lipinski definition) is 2. The molecule has 0 aliphatic rings. The molecule has 2 atom stereocenters. The van der Waals surface area contributed by atoms with Crippen molar-refractivity contribution in [3.05, 3.63) is 30.7 Å². The molecule has 0 fully saturated rings. The molecule has 0 aliphatic carbocycles. The zero-order chi connectivity index (χ0) is 16.1. The first-order valence-electron chi connectivity index (χ1n) is 7.55. The van der Waals surface area contributed by atoms with Gasteiger partial charge in [-0.15, -0.1) is 0 Å². The molecule has 0 radical (unpaired) electrons. The van der Waals surface area contributed by atoms with Crippen molar-refractivity contribution in [2.45, 2.75) is 45.8 Å². The number of aromatic nitrogens is 4. The third-order valence-electron chi connectivity index (χ3n) is 3.68. The minimum absolute atomic E-state index is 0.0816. The van der Waals surface area contributed by atoms with Crippen LogP contribution in [0.4, 0.5) is 5.82 Å². The maximum absolute atomic E-state index is 12.1. The maximum Gasteiger partial charge on any atom is 0.239 e. The molecule has 0 spiro atoms. The first-order chi connectivity index (χ1) is 10.5. The van der Waals surface area contributed by atoms with E-state index in [0.717, 1.165) is 5.82 Å². The van der Waals surface area contributed by atoms with Gasteiger partial charge < -0.3 is 10.6 Å². The number of nitrogens with zero attached hydrogens (tertiary/aromatic N) is 4. The zero-order valence-electron chi connectivity index (χ0n) is 13.5. The van der Waals surface area contributed by atoms with E-state index in [1.807, 2.05) is 37.7 Å². The van der Waals surface area contributed by atoms with Crippen LogP contribution in [-0.4, -0.2) is 38.1 Å². The molecule has 0 aromatic carbocycles. The smallest absolute Gasteiger partial charge is 0.239 e. The van der Waals surface area contributed by atoms with Crippen LogP contribution in [0.1, 0.15) is 39.8 Å². The van der Waals surface area contributed by atoms with E-state index in [-0.39, 0.29) is 30.6 Å². The summed E-state index contributed by atoms with van der Waals surface area (Å²) in [7, 11) is 0. The van der Waals surface area contributed by atoms with Gasteiger partial charge in [0.2, 0.25) is 5.91 Å². The Labute approximate surface area is 130 Å². The lowest BCUT2D eigenvalue weighted by Gasteiger charge is -2.21. The van der Waals surface area contributed by atoms with E-state index in [0.29, 0.717) is 0 Å². The van der Waals surface area contributed by atoms with Gasteiger partial charge in [0, 0.05) is 30.5 Å². The average Bonchev–Trinajstić information content (AvgIpc) is 3.14. The van der Waals surface area contributed by atoms with Crippen LogP contribution in [0, 0.1) is 0 Å². The molecule has 120 valence electrons. The van der Waals surface area contributed by atoms with E-state index in [9.17, 15) is 4.79 Å². The lowest BCUT2D eigenvalue weighted by molar-refractivity contribution is -0.115. The van der Waals surface area contributed by atoms with Gasteiger partial charge in [-0.25, -0.2) is 4.68 Å². The monoisotopic (exact) mass is 304 g/mol. The van der Waals surface area contributed by atoms with Crippen molar-refractivity contribution < 1.29 is 4.79 Å². The molecule has 0 unspecified atom stereocenters. The van der Waals surface area contributed by atoms with Crippen LogP contribution in [0.3, 0.4) is 0 Å². The Bertz CT molecular complexity index is 589. The summed E-state index contributed by atoms with van der Waals surface area (Å²) in [6.07, 6.45) is 5.36. The van der Waals surface area contributed by atoms with Crippen molar-refractivity contribution in [3.8, 4) is 0 Å². The highest BCUT2D eigenvalue weighted by Gasteiger charge is 2.15. The van der Waals surface area contributed by atoms with Crippen molar-refractivity contribution in [1.29, 1.82) is 0 Å². The van der Waals surface area contributed by atoms with Gasteiger partial charge in [-0.2, -0.15) is 10.2 Å². The molecule has 0 saturated carbocycles. The van der Waals surface area contributed by atoms with Crippen LogP contribution in [0.15, 0.2) is 30.7 Å². The number of anilines is 1. The van der Waals surface area contributed by atoms with Crippen LogP contribution in [0.25, 0.3) is 0 Å². The van der Waals surface area contributed by atoms with Crippen molar-refractivity contribution in [2.75, 3.05) is 11.9 Å². The summed E-state index contributed by atoms with van der Waals surface area (Å²) in [4.78, 5) is 12.1. The van der Waals surface area contributed by atoms with Crippen LogP contribution >= 0.6 is 0 Å². The number of hydrogen-bond acceptors (Lipinski definition) is 4. The second kappa shape index (κ2) is 7.22. The fourth-order valence-electron chi connectivity index (χ4n) is 2.19. The lowest BCUT2D eigenvalue weighted by Crippen LogP contribution is -2.39. The third kappa shape index (κ3) is 3.94. The molecule has 2 rings (SSSR count). The highest BCUT2D eigenvalue weighted by Crippen LogP contribution is 2.13. The van der Waals surface area contributed by atoms with Gasteiger partial charge in [-0.1, -0.05) is 0 Å². The topological polar surface area (TPSA) is 76.8 Å². The molecular formula is C15H24N6O. The molecule has 0 aliphatic heterocycles. The molecule has 7 heteroatoms. The van der Waals surface area contributed by atoms with Crippen LogP contribution < -0.4 is 10.6 Å². The fraction of sp³-hybridized carbons (Fsp3) is 0.533. The van der Waals surface area contributed by atoms with Crippen molar-refractivity contribution in [3.63, 3.8) is 0 Å². The Morgan fingerprint density at radius 3 is 2.64 bits per heavy atom. The van der Waals surface area contributed by atoms with Crippen molar-refractivity contribution >= 4 is 11.7 Å². The Morgan fingerprint density at radius 2 is 2.00 bits per heavy atom. The van der Waals surface area contributed by atoms with Gasteiger partial charge in [0.25, 0.3) is 0 Å². The Kier molecular flexibility index (Phi) is 5.32.